The molecule has 1 aliphatic heterocycles. The first kappa shape index (κ1) is 32.0. The first-order valence-corrected chi connectivity index (χ1v) is 15.8. The van der Waals surface area contributed by atoms with Gasteiger partial charge < -0.3 is 15.8 Å². The van der Waals surface area contributed by atoms with E-state index in [0.29, 0.717) is 33.4 Å². The molecule has 3 aromatic carbocycles. The third kappa shape index (κ3) is 6.48. The summed E-state index contributed by atoms with van der Waals surface area (Å²) in [5.74, 6) is 6.71. The predicted octanol–water partition coefficient (Wildman–Crippen LogP) is 5.60. The van der Waals surface area contributed by atoms with Gasteiger partial charge in [0, 0.05) is 35.8 Å². The topological polar surface area (TPSA) is 128 Å². The molecule has 0 bridgehead atoms. The van der Waals surface area contributed by atoms with Gasteiger partial charge in [-0.2, -0.15) is 5.10 Å². The van der Waals surface area contributed by atoms with Crippen molar-refractivity contribution in [3.05, 3.63) is 112 Å². The highest BCUT2D eigenvalue weighted by molar-refractivity contribution is 5.97. The molecule has 48 heavy (non-hydrogen) atoms. The Labute approximate surface area is 279 Å². The van der Waals surface area contributed by atoms with Crippen LogP contribution in [0, 0.1) is 17.8 Å². The number of fused-ring (bicyclic) bond motifs is 1. The molecular formula is C38H37N7O3. The van der Waals surface area contributed by atoms with Gasteiger partial charge in [-0.3, -0.25) is 19.2 Å². The van der Waals surface area contributed by atoms with Gasteiger partial charge in [-0.25, -0.2) is 9.97 Å². The van der Waals surface area contributed by atoms with E-state index >= 15 is 0 Å². The van der Waals surface area contributed by atoms with Gasteiger partial charge in [0.1, 0.15) is 5.75 Å². The van der Waals surface area contributed by atoms with E-state index in [0.717, 1.165) is 11.3 Å². The molecule has 3 heterocycles. The Morgan fingerprint density at radius 3 is 2.46 bits per heavy atom. The van der Waals surface area contributed by atoms with Gasteiger partial charge >= 0.3 is 0 Å². The van der Waals surface area contributed by atoms with E-state index in [1.807, 2.05) is 118 Å². The van der Waals surface area contributed by atoms with Crippen LogP contribution in [-0.2, 0) is 0 Å². The van der Waals surface area contributed by atoms with Crippen molar-refractivity contribution in [2.75, 3.05) is 12.8 Å². The van der Waals surface area contributed by atoms with Crippen LogP contribution in [0.15, 0.2) is 95.0 Å². The van der Waals surface area contributed by atoms with Crippen molar-refractivity contribution in [3.63, 3.8) is 0 Å². The summed E-state index contributed by atoms with van der Waals surface area (Å²) in [5.41, 5.74) is 9.02. The second kappa shape index (κ2) is 13.4. The monoisotopic (exact) mass is 639 g/mol. The van der Waals surface area contributed by atoms with E-state index in [1.165, 1.54) is 6.20 Å². The quantitative estimate of drug-likeness (QED) is 0.222. The SMILES string of the molecule is CC(C)Oc1ccc(-c2cnc(N)c(C(=O)N[C@@H](C)c3cc4cccc(C#CC5C=NN(C)C5C)c4c(=O)n3-c3ccccc3)n2)cc1. The standard InChI is InChI=1S/C38H37N7O3/c1-23(2)48-31-18-16-26(17-19-31)32-22-40-36(39)35(43-32)37(46)42-24(3)33-20-28-11-9-10-27(14-15-29-21-41-44(5)25(29)4)34(28)38(47)45(33)30-12-7-6-8-13-30/h6-13,16-25,29H,1-5H3,(H2,39,40)(H,42,46)/t24-,25?,29?/m0/s1. The summed E-state index contributed by atoms with van der Waals surface area (Å²) in [5, 5.41) is 10.4. The molecular weight excluding hydrogens is 602 g/mol. The first-order valence-electron chi connectivity index (χ1n) is 15.8. The Kier molecular flexibility index (Phi) is 8.95. The lowest BCUT2D eigenvalue weighted by Gasteiger charge is -2.21. The van der Waals surface area contributed by atoms with Crippen LogP contribution in [0.2, 0.25) is 0 Å². The van der Waals surface area contributed by atoms with Gasteiger partial charge in [-0.1, -0.05) is 42.2 Å². The molecule has 0 saturated carbocycles. The largest absolute Gasteiger partial charge is 0.491 e. The predicted molar refractivity (Wildman–Crippen MR) is 189 cm³/mol. The Morgan fingerprint density at radius 2 is 1.77 bits per heavy atom. The molecule has 0 aliphatic carbocycles. The van der Waals surface area contributed by atoms with Gasteiger partial charge in [0.05, 0.1) is 41.4 Å². The minimum absolute atomic E-state index is 0.00166. The van der Waals surface area contributed by atoms with Crippen LogP contribution in [0.5, 0.6) is 5.75 Å². The molecule has 3 N–H and O–H groups in total. The van der Waals surface area contributed by atoms with Crippen LogP contribution in [-0.4, -0.2) is 50.9 Å². The first-order chi connectivity index (χ1) is 23.1. The van der Waals surface area contributed by atoms with Gasteiger partial charge in [0.15, 0.2) is 11.5 Å². The second-order valence-electron chi connectivity index (χ2n) is 12.1. The minimum Gasteiger partial charge on any atom is -0.491 e. The summed E-state index contributed by atoms with van der Waals surface area (Å²) >= 11 is 0. The van der Waals surface area contributed by atoms with Crippen molar-refractivity contribution >= 4 is 28.7 Å². The van der Waals surface area contributed by atoms with Gasteiger partial charge in [0.2, 0.25) is 0 Å². The number of carbonyl (C=O) groups is 1. The number of hydrazone groups is 1. The van der Waals surface area contributed by atoms with E-state index in [1.54, 1.807) is 4.57 Å². The number of nitrogens with one attached hydrogen (secondary N) is 1. The summed E-state index contributed by atoms with van der Waals surface area (Å²) in [4.78, 5) is 36.9. The van der Waals surface area contributed by atoms with E-state index in [-0.39, 0.29) is 35.1 Å². The average Bonchev–Trinajstić information content (AvgIpc) is 3.40. The van der Waals surface area contributed by atoms with Crippen LogP contribution in [0.3, 0.4) is 0 Å². The van der Waals surface area contributed by atoms with E-state index in [9.17, 15) is 9.59 Å². The Morgan fingerprint density at radius 1 is 1.02 bits per heavy atom. The fourth-order valence-corrected chi connectivity index (χ4v) is 5.63. The number of nitrogens with zero attached hydrogens (tertiary/aromatic N) is 5. The Hall–Kier alpha value is -5.95. The minimum atomic E-state index is -0.618. The number of ether oxygens (including phenoxy) is 1. The number of amides is 1. The fourth-order valence-electron chi connectivity index (χ4n) is 5.63. The number of hydrogen-bond acceptors (Lipinski definition) is 8. The zero-order valence-corrected chi connectivity index (χ0v) is 27.5. The van der Waals surface area contributed by atoms with E-state index in [4.69, 9.17) is 10.5 Å². The fraction of sp³-hybridized carbons (Fsp3) is 0.237. The average molecular weight is 640 g/mol. The molecule has 10 heteroatoms. The summed E-state index contributed by atoms with van der Waals surface area (Å²) in [6.45, 7) is 7.80. The summed E-state index contributed by atoms with van der Waals surface area (Å²) in [7, 11) is 1.92. The molecule has 5 aromatic rings. The zero-order valence-electron chi connectivity index (χ0n) is 27.5. The number of benzene rings is 3. The van der Waals surface area contributed by atoms with Gasteiger partial charge in [-0.15, -0.1) is 0 Å². The van der Waals surface area contributed by atoms with Crippen LogP contribution >= 0.6 is 0 Å². The smallest absolute Gasteiger partial charge is 0.274 e. The Balaban J connectivity index is 1.36. The molecule has 2 aromatic heterocycles. The third-order valence-corrected chi connectivity index (χ3v) is 8.31. The number of rotatable bonds is 7. The van der Waals surface area contributed by atoms with Crippen LogP contribution in [0.4, 0.5) is 5.82 Å². The lowest BCUT2D eigenvalue weighted by atomic mass is 10.0. The highest BCUT2D eigenvalue weighted by Gasteiger charge is 2.24. The molecule has 2 unspecified atom stereocenters. The molecule has 0 fully saturated rings. The van der Waals surface area contributed by atoms with Crippen molar-refractivity contribution in [3.8, 4) is 34.5 Å². The third-order valence-electron chi connectivity index (χ3n) is 8.31. The number of carbonyl (C=O) groups excluding carboxylic acids is 1. The second-order valence-corrected chi connectivity index (χ2v) is 12.1. The molecule has 0 spiro atoms. The maximum absolute atomic E-state index is 14.4. The number of aromatic nitrogens is 3. The van der Waals surface area contributed by atoms with E-state index in [2.05, 4.69) is 39.2 Å². The zero-order chi connectivity index (χ0) is 33.9. The van der Waals surface area contributed by atoms with Gasteiger partial charge in [-0.05, 0) is 81.6 Å². The number of nitrogens with two attached hydrogens (primary N) is 1. The molecule has 242 valence electrons. The molecule has 1 amide bonds. The lowest BCUT2D eigenvalue weighted by Crippen LogP contribution is -2.33. The van der Waals surface area contributed by atoms with Crippen LogP contribution in [0.1, 0.15) is 55.5 Å². The highest BCUT2D eigenvalue weighted by Crippen LogP contribution is 2.26. The molecule has 1 aliphatic rings. The molecule has 6 rings (SSSR count). The lowest BCUT2D eigenvalue weighted by molar-refractivity contribution is 0.0934. The molecule has 0 saturated heterocycles. The Bertz CT molecular complexity index is 2130. The van der Waals surface area contributed by atoms with Gasteiger partial charge in [0.25, 0.3) is 11.5 Å². The number of para-hydroxylation sites is 1. The van der Waals surface area contributed by atoms with Crippen molar-refractivity contribution in [1.29, 1.82) is 0 Å². The maximum atomic E-state index is 14.4. The number of pyridine rings is 1. The summed E-state index contributed by atoms with van der Waals surface area (Å²) in [6.07, 6.45) is 3.41. The number of nitrogen functional groups attached to an aromatic ring is 1. The van der Waals surface area contributed by atoms with Crippen molar-refractivity contribution < 1.29 is 9.53 Å². The number of hydrogen-bond donors (Lipinski definition) is 2. The maximum Gasteiger partial charge on any atom is 0.274 e. The normalized spacial score (nSPS) is 16.1. The molecule has 0 radical (unpaired) electrons. The van der Waals surface area contributed by atoms with Crippen molar-refractivity contribution in [2.24, 2.45) is 11.0 Å². The van der Waals surface area contributed by atoms with Crippen molar-refractivity contribution in [2.45, 2.75) is 45.9 Å². The van der Waals surface area contributed by atoms with Crippen LogP contribution in [0.25, 0.3) is 27.7 Å². The molecule has 3 atom stereocenters. The van der Waals surface area contributed by atoms with Crippen LogP contribution < -0.4 is 21.3 Å². The van der Waals surface area contributed by atoms with E-state index < -0.39 is 11.9 Å². The number of anilines is 1. The van der Waals surface area contributed by atoms with Crippen molar-refractivity contribution in [1.82, 2.24) is 24.9 Å². The summed E-state index contributed by atoms with van der Waals surface area (Å²) in [6, 6.07) is 23.8. The molecule has 10 nitrogen and oxygen atoms in total. The highest BCUT2D eigenvalue weighted by atomic mass is 16.5. The summed E-state index contributed by atoms with van der Waals surface area (Å²) < 4.78 is 7.36.